The molecule has 3 heteroatoms. The SMILES string of the molecule is CCCC(CS)CN(C)C(C)CCSC. The molecule has 0 aromatic rings. The number of thioether (sulfide) groups is 1. The molecule has 0 aromatic heterocycles. The van der Waals surface area contributed by atoms with Crippen LogP contribution in [0.25, 0.3) is 0 Å². The van der Waals surface area contributed by atoms with Crippen LogP contribution >= 0.6 is 24.4 Å². The van der Waals surface area contributed by atoms with Crippen molar-refractivity contribution in [3.05, 3.63) is 0 Å². The average Bonchev–Trinajstić information content (AvgIpc) is 2.24. The molecule has 2 unspecified atom stereocenters. The van der Waals surface area contributed by atoms with Gasteiger partial charge in [0.25, 0.3) is 0 Å². The smallest absolute Gasteiger partial charge is 0.00718 e. The zero-order valence-electron chi connectivity index (χ0n) is 10.7. The molecule has 0 saturated carbocycles. The first-order valence-electron chi connectivity index (χ1n) is 5.95. The summed E-state index contributed by atoms with van der Waals surface area (Å²) in [6.45, 7) is 5.79. The van der Waals surface area contributed by atoms with E-state index in [9.17, 15) is 0 Å². The topological polar surface area (TPSA) is 3.24 Å². The van der Waals surface area contributed by atoms with E-state index in [1.165, 1.54) is 31.6 Å². The van der Waals surface area contributed by atoms with E-state index in [-0.39, 0.29) is 0 Å². The van der Waals surface area contributed by atoms with E-state index < -0.39 is 0 Å². The first-order valence-corrected chi connectivity index (χ1v) is 7.98. The predicted octanol–water partition coefficient (Wildman–Crippen LogP) is 3.41. The van der Waals surface area contributed by atoms with Gasteiger partial charge in [0, 0.05) is 12.6 Å². The molecule has 0 radical (unpaired) electrons. The second kappa shape index (κ2) is 9.86. The molecular formula is C12H27NS2. The van der Waals surface area contributed by atoms with Crippen LogP contribution in [-0.4, -0.2) is 42.3 Å². The Labute approximate surface area is 106 Å². The highest BCUT2D eigenvalue weighted by Crippen LogP contribution is 2.13. The molecule has 92 valence electrons. The molecule has 0 rings (SSSR count). The highest BCUT2D eigenvalue weighted by atomic mass is 32.2. The third-order valence-electron chi connectivity index (χ3n) is 2.99. The van der Waals surface area contributed by atoms with E-state index in [0.29, 0.717) is 6.04 Å². The molecule has 0 aliphatic carbocycles. The summed E-state index contributed by atoms with van der Waals surface area (Å²) in [5, 5.41) is 0. The minimum absolute atomic E-state index is 0.705. The zero-order chi connectivity index (χ0) is 11.7. The maximum absolute atomic E-state index is 4.43. The Morgan fingerprint density at radius 2 is 2.00 bits per heavy atom. The van der Waals surface area contributed by atoms with Gasteiger partial charge in [0.1, 0.15) is 0 Å². The van der Waals surface area contributed by atoms with Crippen LogP contribution in [0.5, 0.6) is 0 Å². The predicted molar refractivity (Wildman–Crippen MR) is 77.3 cm³/mol. The van der Waals surface area contributed by atoms with Gasteiger partial charge in [-0.2, -0.15) is 24.4 Å². The Morgan fingerprint density at radius 3 is 2.47 bits per heavy atom. The van der Waals surface area contributed by atoms with Crippen LogP contribution < -0.4 is 0 Å². The molecule has 1 nitrogen and oxygen atoms in total. The Kier molecular flexibility index (Phi) is 10.3. The highest BCUT2D eigenvalue weighted by Gasteiger charge is 2.13. The van der Waals surface area contributed by atoms with Crippen molar-refractivity contribution in [1.82, 2.24) is 4.90 Å². The lowest BCUT2D eigenvalue weighted by atomic mass is 10.0. The lowest BCUT2D eigenvalue weighted by Crippen LogP contribution is -2.34. The molecule has 0 saturated heterocycles. The van der Waals surface area contributed by atoms with E-state index in [0.717, 1.165) is 11.7 Å². The molecule has 0 heterocycles. The summed E-state index contributed by atoms with van der Waals surface area (Å²) in [5.74, 6) is 3.05. The van der Waals surface area contributed by atoms with Crippen LogP contribution in [0.1, 0.15) is 33.1 Å². The van der Waals surface area contributed by atoms with E-state index in [4.69, 9.17) is 0 Å². The van der Waals surface area contributed by atoms with Gasteiger partial charge in [-0.3, -0.25) is 0 Å². The first kappa shape index (κ1) is 15.7. The van der Waals surface area contributed by atoms with E-state index >= 15 is 0 Å². The minimum atomic E-state index is 0.705. The number of thiol groups is 1. The van der Waals surface area contributed by atoms with Crippen LogP contribution in [0, 0.1) is 5.92 Å². The van der Waals surface area contributed by atoms with Crippen molar-refractivity contribution >= 4 is 24.4 Å². The van der Waals surface area contributed by atoms with Gasteiger partial charge in [-0.15, -0.1) is 0 Å². The van der Waals surface area contributed by atoms with Gasteiger partial charge >= 0.3 is 0 Å². The van der Waals surface area contributed by atoms with Crippen LogP contribution in [0.2, 0.25) is 0 Å². The van der Waals surface area contributed by atoms with Gasteiger partial charge in [-0.25, -0.2) is 0 Å². The molecule has 0 bridgehead atoms. The third kappa shape index (κ3) is 7.53. The largest absolute Gasteiger partial charge is 0.303 e. The van der Waals surface area contributed by atoms with E-state index in [1.807, 2.05) is 11.8 Å². The molecule has 0 aliphatic heterocycles. The number of rotatable bonds is 9. The molecule has 0 spiro atoms. The van der Waals surface area contributed by atoms with Crippen LogP contribution in [0.3, 0.4) is 0 Å². The van der Waals surface area contributed by atoms with Gasteiger partial charge in [0.2, 0.25) is 0 Å². The standard InChI is InChI=1S/C12H27NS2/c1-5-6-12(10-14)9-13(3)11(2)7-8-15-4/h11-12,14H,5-10H2,1-4H3. The third-order valence-corrected chi connectivity index (χ3v) is 4.15. The molecule has 2 atom stereocenters. The monoisotopic (exact) mass is 249 g/mol. The normalized spacial score (nSPS) is 15.6. The van der Waals surface area contributed by atoms with Crippen LogP contribution in [-0.2, 0) is 0 Å². The fraction of sp³-hybridized carbons (Fsp3) is 1.00. The molecule has 15 heavy (non-hydrogen) atoms. The fourth-order valence-electron chi connectivity index (χ4n) is 1.74. The summed E-state index contributed by atoms with van der Waals surface area (Å²) in [5.41, 5.74) is 0. The summed E-state index contributed by atoms with van der Waals surface area (Å²) in [6.07, 6.45) is 6.06. The van der Waals surface area contributed by atoms with Crippen LogP contribution in [0.4, 0.5) is 0 Å². The Balaban J connectivity index is 3.81. The van der Waals surface area contributed by atoms with Crippen molar-refractivity contribution < 1.29 is 0 Å². The summed E-state index contributed by atoms with van der Waals surface area (Å²) in [4.78, 5) is 2.49. The van der Waals surface area contributed by atoms with E-state index in [1.54, 1.807) is 0 Å². The molecule has 0 aliphatic rings. The fourth-order valence-corrected chi connectivity index (χ4v) is 2.62. The number of hydrogen-bond acceptors (Lipinski definition) is 3. The van der Waals surface area contributed by atoms with Gasteiger partial charge in [-0.1, -0.05) is 13.3 Å². The summed E-state index contributed by atoms with van der Waals surface area (Å²) in [7, 11) is 2.25. The summed E-state index contributed by atoms with van der Waals surface area (Å²) >= 11 is 6.37. The number of nitrogens with zero attached hydrogens (tertiary/aromatic N) is 1. The molecular weight excluding hydrogens is 222 g/mol. The highest BCUT2D eigenvalue weighted by molar-refractivity contribution is 7.98. The summed E-state index contributed by atoms with van der Waals surface area (Å²) < 4.78 is 0. The maximum atomic E-state index is 4.43. The van der Waals surface area contributed by atoms with E-state index in [2.05, 4.69) is 44.7 Å². The van der Waals surface area contributed by atoms with Crippen molar-refractivity contribution in [3.63, 3.8) is 0 Å². The lowest BCUT2D eigenvalue weighted by molar-refractivity contribution is 0.217. The van der Waals surface area contributed by atoms with Crippen molar-refractivity contribution in [2.45, 2.75) is 39.2 Å². The Bertz CT molecular complexity index is 142. The quantitative estimate of drug-likeness (QED) is 0.624. The molecule has 0 amide bonds. The maximum Gasteiger partial charge on any atom is 0.00718 e. The van der Waals surface area contributed by atoms with Gasteiger partial charge in [-0.05, 0) is 50.5 Å². The second-order valence-corrected chi connectivity index (χ2v) is 5.76. The Morgan fingerprint density at radius 1 is 1.33 bits per heavy atom. The van der Waals surface area contributed by atoms with Crippen molar-refractivity contribution in [2.24, 2.45) is 5.92 Å². The lowest BCUT2D eigenvalue weighted by Gasteiger charge is -2.28. The molecule has 0 aromatic carbocycles. The van der Waals surface area contributed by atoms with Crippen LogP contribution in [0.15, 0.2) is 0 Å². The molecule has 0 N–H and O–H groups in total. The van der Waals surface area contributed by atoms with Crippen molar-refractivity contribution in [2.75, 3.05) is 31.4 Å². The Hall–Kier alpha value is 0.660. The zero-order valence-corrected chi connectivity index (χ0v) is 12.4. The molecule has 0 fully saturated rings. The van der Waals surface area contributed by atoms with Gasteiger partial charge < -0.3 is 4.90 Å². The number of hydrogen-bond donors (Lipinski definition) is 1. The van der Waals surface area contributed by atoms with Crippen molar-refractivity contribution in [3.8, 4) is 0 Å². The second-order valence-electron chi connectivity index (χ2n) is 4.41. The minimum Gasteiger partial charge on any atom is -0.303 e. The van der Waals surface area contributed by atoms with Gasteiger partial charge in [0.15, 0.2) is 0 Å². The van der Waals surface area contributed by atoms with Crippen molar-refractivity contribution in [1.29, 1.82) is 0 Å². The van der Waals surface area contributed by atoms with Gasteiger partial charge in [0.05, 0.1) is 0 Å². The summed E-state index contributed by atoms with van der Waals surface area (Å²) in [6, 6.07) is 0.705. The first-order chi connectivity index (χ1) is 7.15. The average molecular weight is 249 g/mol.